The molecule has 0 fully saturated rings. The van der Waals surface area contributed by atoms with Gasteiger partial charge in [-0.2, -0.15) is 0 Å². The molecule has 0 unspecified atom stereocenters. The molecule has 2 N–H and O–H groups in total. The first-order valence-corrected chi connectivity index (χ1v) is 10.8. The number of phenols is 2. The van der Waals surface area contributed by atoms with E-state index >= 15 is 0 Å². The molecule has 0 aromatic heterocycles. The van der Waals surface area contributed by atoms with Crippen molar-refractivity contribution in [2.24, 2.45) is 0 Å². The second kappa shape index (κ2) is 8.41. The average Bonchev–Trinajstić information content (AvgIpc) is 2.77. The molecule has 0 saturated carbocycles. The highest BCUT2D eigenvalue weighted by Gasteiger charge is 2.26. The Balaban J connectivity index is 1.77. The summed E-state index contributed by atoms with van der Waals surface area (Å²) in [5.41, 5.74) is 0. The zero-order chi connectivity index (χ0) is 21.8. The van der Waals surface area contributed by atoms with E-state index in [1.807, 2.05) is 0 Å². The second-order valence-corrected chi connectivity index (χ2v) is 8.42. The smallest absolute Gasteiger partial charge is 0.213 e. The van der Waals surface area contributed by atoms with Crippen molar-refractivity contribution in [2.75, 3.05) is 0 Å². The molecule has 0 aliphatic heterocycles. The molecule has 0 aliphatic rings. The molecule has 0 radical (unpaired) electrons. The number of para-hydroxylation sites is 6. The Morgan fingerprint density at radius 1 is 0.484 bits per heavy atom. The van der Waals surface area contributed by atoms with Crippen LogP contribution < -0.4 is 9.47 Å². The van der Waals surface area contributed by atoms with Gasteiger partial charge in [0, 0.05) is 0 Å². The van der Waals surface area contributed by atoms with Crippen LogP contribution in [-0.4, -0.2) is 18.6 Å². The standard InChI is InChI=1S/C24H18O6S/c25-17-9-1-3-11-19(17)29-21-13-5-7-15-23(21)31(27,28)24-16-8-6-14-22(24)30-20-12-4-2-10-18(20)26/h1-16,25-26H. The Kier molecular flexibility index (Phi) is 5.51. The molecule has 0 heterocycles. The molecule has 0 saturated heterocycles. The monoisotopic (exact) mass is 434 g/mol. The summed E-state index contributed by atoms with van der Waals surface area (Å²) in [4.78, 5) is -0.182. The lowest BCUT2D eigenvalue weighted by molar-refractivity contribution is 0.403. The summed E-state index contributed by atoms with van der Waals surface area (Å²) in [6.07, 6.45) is 0. The van der Waals surface area contributed by atoms with Crippen LogP contribution in [0, 0.1) is 0 Å². The second-order valence-electron chi connectivity index (χ2n) is 6.54. The number of aromatic hydroxyl groups is 2. The van der Waals surface area contributed by atoms with Crippen molar-refractivity contribution in [3.8, 4) is 34.5 Å². The first-order valence-electron chi connectivity index (χ1n) is 9.31. The summed E-state index contributed by atoms with van der Waals surface area (Å²) in [5, 5.41) is 20.0. The molecule has 31 heavy (non-hydrogen) atoms. The number of phenolic OH excluding ortho intramolecular Hbond substituents is 2. The molecule has 0 atom stereocenters. The maximum Gasteiger partial charge on any atom is 0.213 e. The lowest BCUT2D eigenvalue weighted by Crippen LogP contribution is -2.06. The van der Waals surface area contributed by atoms with Gasteiger partial charge in [-0.05, 0) is 48.5 Å². The van der Waals surface area contributed by atoms with Crippen LogP contribution in [0.1, 0.15) is 0 Å². The van der Waals surface area contributed by atoms with Crippen molar-refractivity contribution in [2.45, 2.75) is 9.79 Å². The number of hydrogen-bond acceptors (Lipinski definition) is 6. The first-order chi connectivity index (χ1) is 15.0. The van der Waals surface area contributed by atoms with Crippen molar-refractivity contribution in [1.82, 2.24) is 0 Å². The van der Waals surface area contributed by atoms with Crippen LogP contribution in [0.4, 0.5) is 0 Å². The van der Waals surface area contributed by atoms with E-state index in [2.05, 4.69) is 0 Å². The van der Waals surface area contributed by atoms with E-state index in [1.165, 1.54) is 48.5 Å². The largest absolute Gasteiger partial charge is 0.504 e. The van der Waals surface area contributed by atoms with Crippen molar-refractivity contribution in [3.63, 3.8) is 0 Å². The van der Waals surface area contributed by atoms with Gasteiger partial charge in [-0.3, -0.25) is 0 Å². The van der Waals surface area contributed by atoms with Gasteiger partial charge in [0.05, 0.1) is 0 Å². The van der Waals surface area contributed by atoms with Gasteiger partial charge in [0.2, 0.25) is 9.84 Å². The topological polar surface area (TPSA) is 93.1 Å². The fourth-order valence-electron chi connectivity index (χ4n) is 2.96. The summed E-state index contributed by atoms with van der Waals surface area (Å²) in [5.74, 6) is 0.145. The predicted octanol–water partition coefficient (Wildman–Crippen LogP) is 5.52. The predicted molar refractivity (Wildman–Crippen MR) is 115 cm³/mol. The highest BCUT2D eigenvalue weighted by atomic mass is 32.2. The molecule has 7 heteroatoms. The minimum absolute atomic E-state index is 0.0568. The zero-order valence-electron chi connectivity index (χ0n) is 16.2. The number of sulfone groups is 1. The third kappa shape index (κ3) is 4.17. The van der Waals surface area contributed by atoms with Crippen molar-refractivity contribution in [1.29, 1.82) is 0 Å². The molecule has 4 aromatic carbocycles. The van der Waals surface area contributed by atoms with E-state index in [-0.39, 0.29) is 44.3 Å². The SMILES string of the molecule is O=S(=O)(c1ccccc1Oc1ccccc1O)c1ccccc1Oc1ccccc1O. The molecule has 0 bridgehead atoms. The summed E-state index contributed by atoms with van der Waals surface area (Å²) < 4.78 is 38.5. The minimum atomic E-state index is -4.08. The van der Waals surface area contributed by atoms with E-state index in [9.17, 15) is 18.6 Å². The van der Waals surface area contributed by atoms with E-state index in [0.29, 0.717) is 0 Å². The van der Waals surface area contributed by atoms with E-state index in [4.69, 9.17) is 9.47 Å². The van der Waals surface area contributed by atoms with Crippen LogP contribution in [0.5, 0.6) is 34.5 Å². The van der Waals surface area contributed by atoms with Gasteiger partial charge in [0.1, 0.15) is 21.3 Å². The zero-order valence-corrected chi connectivity index (χ0v) is 17.0. The van der Waals surface area contributed by atoms with Crippen LogP contribution in [0.3, 0.4) is 0 Å². The van der Waals surface area contributed by atoms with Gasteiger partial charge in [-0.15, -0.1) is 0 Å². The lowest BCUT2D eigenvalue weighted by atomic mass is 10.3. The summed E-state index contributed by atoms with van der Waals surface area (Å²) >= 11 is 0. The molecule has 4 rings (SSSR count). The molecule has 6 nitrogen and oxygen atoms in total. The van der Waals surface area contributed by atoms with Crippen LogP contribution >= 0.6 is 0 Å². The lowest BCUT2D eigenvalue weighted by Gasteiger charge is -2.15. The van der Waals surface area contributed by atoms with Crippen molar-refractivity contribution in [3.05, 3.63) is 97.1 Å². The number of benzene rings is 4. The molecule has 156 valence electrons. The molecule has 4 aromatic rings. The molecular weight excluding hydrogens is 416 g/mol. The van der Waals surface area contributed by atoms with Crippen molar-refractivity contribution >= 4 is 9.84 Å². The molecular formula is C24H18O6S. The van der Waals surface area contributed by atoms with E-state index in [0.717, 1.165) is 0 Å². The summed E-state index contributed by atoms with van der Waals surface area (Å²) in [6.45, 7) is 0. The number of ether oxygens (including phenoxy) is 2. The Morgan fingerprint density at radius 2 is 0.806 bits per heavy atom. The van der Waals surface area contributed by atoms with Gasteiger partial charge in [0.15, 0.2) is 23.0 Å². The fraction of sp³-hybridized carbons (Fsp3) is 0. The summed E-state index contributed by atoms with van der Waals surface area (Å²) in [7, 11) is -4.08. The maximum absolute atomic E-state index is 13.5. The third-order valence-corrected chi connectivity index (χ3v) is 6.28. The minimum Gasteiger partial charge on any atom is -0.504 e. The molecule has 0 aliphatic carbocycles. The fourth-order valence-corrected chi connectivity index (χ4v) is 4.46. The van der Waals surface area contributed by atoms with Crippen LogP contribution in [0.25, 0.3) is 0 Å². The number of hydrogen-bond donors (Lipinski definition) is 2. The highest BCUT2D eigenvalue weighted by molar-refractivity contribution is 7.91. The van der Waals surface area contributed by atoms with Crippen LogP contribution in [0.15, 0.2) is 107 Å². The average molecular weight is 434 g/mol. The molecule has 0 amide bonds. The van der Waals surface area contributed by atoms with Crippen LogP contribution in [0.2, 0.25) is 0 Å². The Morgan fingerprint density at radius 3 is 1.19 bits per heavy atom. The van der Waals surface area contributed by atoms with Crippen LogP contribution in [-0.2, 0) is 9.84 Å². The maximum atomic E-state index is 13.5. The highest BCUT2D eigenvalue weighted by Crippen LogP contribution is 2.40. The van der Waals surface area contributed by atoms with Crippen molar-refractivity contribution < 1.29 is 28.1 Å². The first kappa shape index (κ1) is 20.3. The van der Waals surface area contributed by atoms with Gasteiger partial charge in [-0.25, -0.2) is 8.42 Å². The Bertz CT molecular complexity index is 1230. The Hall–Kier alpha value is -3.97. The van der Waals surface area contributed by atoms with Gasteiger partial charge >= 0.3 is 0 Å². The number of rotatable bonds is 6. The molecule has 0 spiro atoms. The summed E-state index contributed by atoms with van der Waals surface area (Å²) in [6, 6.07) is 24.9. The van der Waals surface area contributed by atoms with E-state index in [1.54, 1.807) is 48.5 Å². The van der Waals surface area contributed by atoms with Gasteiger partial charge in [-0.1, -0.05) is 48.5 Å². The quantitative estimate of drug-likeness (QED) is 0.415. The van der Waals surface area contributed by atoms with E-state index < -0.39 is 9.84 Å². The normalized spacial score (nSPS) is 11.1. The van der Waals surface area contributed by atoms with Gasteiger partial charge < -0.3 is 19.7 Å². The Labute approximate surface area is 179 Å². The third-order valence-electron chi connectivity index (χ3n) is 4.45. The van der Waals surface area contributed by atoms with Gasteiger partial charge in [0.25, 0.3) is 0 Å².